The fourth-order valence-corrected chi connectivity index (χ4v) is 1.76. The van der Waals surface area contributed by atoms with Crippen LogP contribution in [0.3, 0.4) is 0 Å². The van der Waals surface area contributed by atoms with Gasteiger partial charge in [-0.2, -0.15) is 0 Å². The van der Waals surface area contributed by atoms with Crippen LogP contribution in [0.5, 0.6) is 11.5 Å². The second-order valence-corrected chi connectivity index (χ2v) is 4.86. The Labute approximate surface area is 97.9 Å². The van der Waals surface area contributed by atoms with E-state index in [1.807, 2.05) is 6.92 Å². The van der Waals surface area contributed by atoms with Crippen LogP contribution in [0.1, 0.15) is 17.3 Å². The number of carbonyl (C=O) groups is 1. The molecule has 4 nitrogen and oxygen atoms in total. The molecule has 16 heavy (non-hydrogen) atoms. The molecule has 0 heterocycles. The van der Waals surface area contributed by atoms with Gasteiger partial charge in [0.25, 0.3) is 0 Å². The number of aromatic hydroxyl groups is 2. The Morgan fingerprint density at radius 2 is 2.06 bits per heavy atom. The zero-order chi connectivity index (χ0) is 12.1. The highest BCUT2D eigenvalue weighted by Crippen LogP contribution is 2.25. The standard InChI is InChI=1S/C11H14O4S/c1-7(5-12)16-6-11(15)8-2-3-9(13)10(14)4-8/h2-4,7,12-14H,5-6H2,1H3. The smallest absolute Gasteiger partial charge is 0.172 e. The van der Waals surface area contributed by atoms with Crippen molar-refractivity contribution in [1.82, 2.24) is 0 Å². The molecule has 0 aliphatic rings. The van der Waals surface area contributed by atoms with Gasteiger partial charge in [0.05, 0.1) is 12.4 Å². The third-order valence-corrected chi connectivity index (χ3v) is 3.20. The number of carbonyl (C=O) groups excluding carboxylic acids is 1. The summed E-state index contributed by atoms with van der Waals surface area (Å²) >= 11 is 1.35. The Bertz CT molecular complexity index is 378. The Hall–Kier alpha value is -1.20. The van der Waals surface area contributed by atoms with Crippen molar-refractivity contribution in [2.75, 3.05) is 12.4 Å². The minimum atomic E-state index is -0.300. The summed E-state index contributed by atoms with van der Waals surface area (Å²) < 4.78 is 0. The molecule has 1 atom stereocenters. The molecule has 0 bridgehead atoms. The lowest BCUT2D eigenvalue weighted by molar-refractivity contribution is 0.102. The van der Waals surface area contributed by atoms with Gasteiger partial charge in [-0.25, -0.2) is 0 Å². The highest BCUT2D eigenvalue weighted by molar-refractivity contribution is 8.00. The Kier molecular flexibility index (Phi) is 4.64. The van der Waals surface area contributed by atoms with Crippen molar-refractivity contribution in [1.29, 1.82) is 0 Å². The Morgan fingerprint density at radius 1 is 1.38 bits per heavy atom. The molecule has 3 N–H and O–H groups in total. The summed E-state index contributed by atoms with van der Waals surface area (Å²) in [5.41, 5.74) is 0.355. The molecule has 0 saturated carbocycles. The first kappa shape index (κ1) is 12.9. The number of Topliss-reactive ketones (excluding diaryl/α,β-unsaturated/α-hetero) is 1. The third kappa shape index (κ3) is 3.43. The lowest BCUT2D eigenvalue weighted by Crippen LogP contribution is -2.09. The van der Waals surface area contributed by atoms with Crippen LogP contribution >= 0.6 is 11.8 Å². The number of phenolic OH excluding ortho intramolecular Hbond substituents is 2. The summed E-state index contributed by atoms with van der Waals surface area (Å²) in [4.78, 5) is 11.6. The second-order valence-electron chi connectivity index (χ2n) is 3.43. The molecule has 5 heteroatoms. The highest BCUT2D eigenvalue weighted by Gasteiger charge is 2.10. The minimum absolute atomic E-state index is 0.00895. The van der Waals surface area contributed by atoms with E-state index in [0.29, 0.717) is 5.56 Å². The molecule has 1 unspecified atom stereocenters. The van der Waals surface area contributed by atoms with Crippen LogP contribution in [0, 0.1) is 0 Å². The number of hydrogen-bond donors (Lipinski definition) is 3. The van der Waals surface area contributed by atoms with E-state index in [2.05, 4.69) is 0 Å². The van der Waals surface area contributed by atoms with Crippen LogP contribution in [0.2, 0.25) is 0 Å². The number of phenols is 2. The van der Waals surface area contributed by atoms with E-state index >= 15 is 0 Å². The monoisotopic (exact) mass is 242 g/mol. The predicted octanol–water partition coefficient (Wildman–Crippen LogP) is 1.39. The molecule has 1 aromatic carbocycles. The Morgan fingerprint density at radius 3 is 2.62 bits per heavy atom. The average molecular weight is 242 g/mol. The van der Waals surface area contributed by atoms with Gasteiger partial charge in [0, 0.05) is 10.8 Å². The van der Waals surface area contributed by atoms with Crippen LogP contribution in [0.4, 0.5) is 0 Å². The second kappa shape index (κ2) is 5.77. The Balaban J connectivity index is 2.63. The van der Waals surface area contributed by atoms with E-state index in [4.69, 9.17) is 10.2 Å². The zero-order valence-electron chi connectivity index (χ0n) is 8.88. The number of aliphatic hydroxyl groups excluding tert-OH is 1. The summed E-state index contributed by atoms with van der Waals surface area (Å²) in [6.45, 7) is 1.85. The molecule has 0 aliphatic carbocycles. The maximum Gasteiger partial charge on any atom is 0.172 e. The predicted molar refractivity (Wildman–Crippen MR) is 63.1 cm³/mol. The molecule has 0 aromatic heterocycles. The van der Waals surface area contributed by atoms with E-state index in [1.54, 1.807) is 0 Å². The van der Waals surface area contributed by atoms with Gasteiger partial charge >= 0.3 is 0 Å². The number of rotatable bonds is 5. The molecule has 1 aromatic rings. The molecular formula is C11H14O4S. The summed E-state index contributed by atoms with van der Waals surface area (Å²) in [5, 5.41) is 27.1. The maximum atomic E-state index is 11.6. The largest absolute Gasteiger partial charge is 0.504 e. The van der Waals surface area contributed by atoms with Crippen molar-refractivity contribution in [2.45, 2.75) is 12.2 Å². The maximum absolute atomic E-state index is 11.6. The number of aliphatic hydroxyl groups is 1. The van der Waals surface area contributed by atoms with Gasteiger partial charge in [-0.1, -0.05) is 6.92 Å². The molecule has 0 aliphatic heterocycles. The number of hydrogen-bond acceptors (Lipinski definition) is 5. The molecular weight excluding hydrogens is 228 g/mol. The lowest BCUT2D eigenvalue weighted by atomic mass is 10.1. The summed E-state index contributed by atoms with van der Waals surface area (Å²) in [5.74, 6) is -0.439. The van der Waals surface area contributed by atoms with E-state index < -0.39 is 0 Å². The quantitative estimate of drug-likeness (QED) is 0.537. The van der Waals surface area contributed by atoms with Gasteiger partial charge in [-0.3, -0.25) is 4.79 Å². The molecule has 0 radical (unpaired) electrons. The van der Waals surface area contributed by atoms with Crippen molar-refractivity contribution in [3.8, 4) is 11.5 Å². The van der Waals surface area contributed by atoms with Gasteiger partial charge in [-0.05, 0) is 18.2 Å². The van der Waals surface area contributed by atoms with E-state index in [9.17, 15) is 9.90 Å². The minimum Gasteiger partial charge on any atom is -0.504 e. The topological polar surface area (TPSA) is 77.8 Å². The van der Waals surface area contributed by atoms with Crippen molar-refractivity contribution in [3.63, 3.8) is 0 Å². The molecule has 0 amide bonds. The zero-order valence-corrected chi connectivity index (χ0v) is 9.70. The first-order valence-electron chi connectivity index (χ1n) is 4.82. The number of benzene rings is 1. The summed E-state index contributed by atoms with van der Waals surface area (Å²) in [6, 6.07) is 3.98. The highest BCUT2D eigenvalue weighted by atomic mass is 32.2. The first-order chi connectivity index (χ1) is 7.54. The van der Waals surface area contributed by atoms with Gasteiger partial charge in [0.1, 0.15) is 0 Å². The van der Waals surface area contributed by atoms with Crippen molar-refractivity contribution in [3.05, 3.63) is 23.8 Å². The average Bonchev–Trinajstić information content (AvgIpc) is 2.29. The molecule has 1 rings (SSSR count). The normalized spacial score (nSPS) is 12.4. The fraction of sp³-hybridized carbons (Fsp3) is 0.364. The number of thioether (sulfide) groups is 1. The van der Waals surface area contributed by atoms with Crippen molar-refractivity contribution in [2.24, 2.45) is 0 Å². The summed E-state index contributed by atoms with van der Waals surface area (Å²) in [6.07, 6.45) is 0. The van der Waals surface area contributed by atoms with Crippen LogP contribution in [0.25, 0.3) is 0 Å². The number of ketones is 1. The van der Waals surface area contributed by atoms with E-state index in [-0.39, 0.29) is 34.9 Å². The van der Waals surface area contributed by atoms with Gasteiger partial charge < -0.3 is 15.3 Å². The van der Waals surface area contributed by atoms with Gasteiger partial charge in [-0.15, -0.1) is 11.8 Å². The molecule has 0 fully saturated rings. The van der Waals surface area contributed by atoms with Crippen LogP contribution in [-0.2, 0) is 0 Å². The third-order valence-electron chi connectivity index (χ3n) is 2.05. The van der Waals surface area contributed by atoms with Crippen LogP contribution in [-0.4, -0.2) is 38.7 Å². The molecule has 88 valence electrons. The van der Waals surface area contributed by atoms with E-state index in [1.165, 1.54) is 30.0 Å². The van der Waals surface area contributed by atoms with E-state index in [0.717, 1.165) is 0 Å². The van der Waals surface area contributed by atoms with Crippen molar-refractivity contribution < 1.29 is 20.1 Å². The SMILES string of the molecule is CC(CO)SCC(=O)c1ccc(O)c(O)c1. The first-order valence-corrected chi connectivity index (χ1v) is 5.87. The molecule has 0 saturated heterocycles. The van der Waals surface area contributed by atoms with Gasteiger partial charge in [0.15, 0.2) is 17.3 Å². The fourth-order valence-electron chi connectivity index (χ4n) is 1.05. The van der Waals surface area contributed by atoms with Crippen LogP contribution < -0.4 is 0 Å². The van der Waals surface area contributed by atoms with Crippen molar-refractivity contribution >= 4 is 17.5 Å². The van der Waals surface area contributed by atoms with Crippen LogP contribution in [0.15, 0.2) is 18.2 Å². The lowest BCUT2D eigenvalue weighted by Gasteiger charge is -2.07. The van der Waals surface area contributed by atoms with Gasteiger partial charge in [0.2, 0.25) is 0 Å². The molecule has 0 spiro atoms. The summed E-state index contributed by atoms with van der Waals surface area (Å²) in [7, 11) is 0.